The lowest BCUT2D eigenvalue weighted by Gasteiger charge is -2.39. The number of ether oxygens (including phenoxy) is 3. The second-order valence-electron chi connectivity index (χ2n) is 5.49. The van der Waals surface area contributed by atoms with E-state index in [1.807, 2.05) is 26.0 Å². The second-order valence-corrected chi connectivity index (χ2v) is 5.49. The van der Waals surface area contributed by atoms with Crippen molar-refractivity contribution < 1.29 is 14.2 Å². The largest absolute Gasteiger partial charge is 0.494 e. The highest BCUT2D eigenvalue weighted by Gasteiger charge is 2.43. The quantitative estimate of drug-likeness (QED) is 0.918. The van der Waals surface area contributed by atoms with Gasteiger partial charge in [-0.15, -0.1) is 0 Å². The van der Waals surface area contributed by atoms with Crippen LogP contribution < -0.4 is 14.8 Å². The lowest BCUT2D eigenvalue weighted by molar-refractivity contribution is -0.0355. The molecule has 2 atom stereocenters. The summed E-state index contributed by atoms with van der Waals surface area (Å²) in [6.45, 7) is 7.35. The van der Waals surface area contributed by atoms with Gasteiger partial charge in [-0.3, -0.25) is 0 Å². The number of benzene rings is 1. The summed E-state index contributed by atoms with van der Waals surface area (Å²) in [5, 5.41) is 3.40. The van der Waals surface area contributed by atoms with E-state index in [2.05, 4.69) is 11.4 Å². The SMILES string of the molecule is CCOc1ccc2c(c1)C(OCC)CC1(CCNC1)O2. The van der Waals surface area contributed by atoms with Gasteiger partial charge in [-0.1, -0.05) is 0 Å². The third-order valence-corrected chi connectivity index (χ3v) is 4.10. The molecule has 0 aliphatic carbocycles. The van der Waals surface area contributed by atoms with E-state index in [4.69, 9.17) is 14.2 Å². The zero-order chi connectivity index (χ0) is 14.0. The van der Waals surface area contributed by atoms with E-state index in [0.29, 0.717) is 13.2 Å². The van der Waals surface area contributed by atoms with Gasteiger partial charge in [0.25, 0.3) is 0 Å². The van der Waals surface area contributed by atoms with E-state index in [1.54, 1.807) is 0 Å². The molecule has 0 saturated carbocycles. The van der Waals surface area contributed by atoms with E-state index in [1.165, 1.54) is 0 Å². The minimum absolute atomic E-state index is 0.0973. The van der Waals surface area contributed by atoms with Crippen LogP contribution in [0.5, 0.6) is 11.5 Å². The van der Waals surface area contributed by atoms with Crippen LogP contribution in [0.3, 0.4) is 0 Å². The first-order valence-corrected chi connectivity index (χ1v) is 7.54. The summed E-state index contributed by atoms with van der Waals surface area (Å²) >= 11 is 0. The molecule has 0 radical (unpaired) electrons. The van der Waals surface area contributed by atoms with Crippen LogP contribution >= 0.6 is 0 Å². The summed E-state index contributed by atoms with van der Waals surface area (Å²) in [7, 11) is 0. The second kappa shape index (κ2) is 5.62. The van der Waals surface area contributed by atoms with Crippen molar-refractivity contribution >= 4 is 0 Å². The lowest BCUT2D eigenvalue weighted by Crippen LogP contribution is -2.43. The molecule has 3 rings (SSSR count). The van der Waals surface area contributed by atoms with Gasteiger partial charge in [0.1, 0.15) is 17.1 Å². The van der Waals surface area contributed by atoms with Gasteiger partial charge in [-0.2, -0.15) is 0 Å². The number of nitrogens with one attached hydrogen (secondary N) is 1. The standard InChI is InChI=1S/C16H23NO3/c1-3-18-12-5-6-14-13(9-12)15(19-4-2)10-16(20-14)7-8-17-11-16/h5-6,9,15,17H,3-4,7-8,10-11H2,1-2H3. The Morgan fingerprint density at radius 3 is 2.95 bits per heavy atom. The minimum atomic E-state index is -0.0973. The fourth-order valence-corrected chi connectivity index (χ4v) is 3.18. The molecule has 1 spiro atoms. The van der Waals surface area contributed by atoms with Gasteiger partial charge in [0.15, 0.2) is 0 Å². The third-order valence-electron chi connectivity index (χ3n) is 4.10. The summed E-state index contributed by atoms with van der Waals surface area (Å²) in [5.74, 6) is 1.84. The Hall–Kier alpha value is -1.26. The Kier molecular flexibility index (Phi) is 3.85. The van der Waals surface area contributed by atoms with Gasteiger partial charge in [0.2, 0.25) is 0 Å². The molecule has 110 valence electrons. The first kappa shape index (κ1) is 13.7. The van der Waals surface area contributed by atoms with Gasteiger partial charge in [0.05, 0.1) is 12.7 Å². The van der Waals surface area contributed by atoms with Crippen molar-refractivity contribution in [3.8, 4) is 11.5 Å². The van der Waals surface area contributed by atoms with Crippen LogP contribution in [0.25, 0.3) is 0 Å². The van der Waals surface area contributed by atoms with E-state index in [9.17, 15) is 0 Å². The maximum Gasteiger partial charge on any atom is 0.126 e. The highest BCUT2D eigenvalue weighted by molar-refractivity contribution is 5.44. The van der Waals surface area contributed by atoms with Crippen molar-refractivity contribution in [2.45, 2.75) is 38.4 Å². The number of hydrogen-bond donors (Lipinski definition) is 1. The van der Waals surface area contributed by atoms with Crippen molar-refractivity contribution in [1.82, 2.24) is 5.32 Å². The van der Waals surface area contributed by atoms with Crippen LogP contribution in [-0.4, -0.2) is 31.9 Å². The Morgan fingerprint density at radius 2 is 2.25 bits per heavy atom. The average molecular weight is 277 g/mol. The van der Waals surface area contributed by atoms with Crippen molar-refractivity contribution in [2.24, 2.45) is 0 Å². The highest BCUT2D eigenvalue weighted by Crippen LogP contribution is 2.45. The van der Waals surface area contributed by atoms with Crippen molar-refractivity contribution in [3.05, 3.63) is 23.8 Å². The lowest BCUT2D eigenvalue weighted by atomic mass is 9.88. The summed E-state index contributed by atoms with van der Waals surface area (Å²) in [6.07, 6.45) is 2.06. The Labute approximate surface area is 120 Å². The maximum absolute atomic E-state index is 6.29. The molecule has 4 heteroatoms. The van der Waals surface area contributed by atoms with Crippen molar-refractivity contribution in [2.75, 3.05) is 26.3 Å². The average Bonchev–Trinajstić information content (AvgIpc) is 2.88. The molecule has 1 aromatic rings. The molecular formula is C16H23NO3. The molecule has 2 heterocycles. The zero-order valence-corrected chi connectivity index (χ0v) is 12.3. The van der Waals surface area contributed by atoms with Crippen LogP contribution in [0, 0.1) is 0 Å². The molecule has 2 aliphatic heterocycles. The molecule has 20 heavy (non-hydrogen) atoms. The van der Waals surface area contributed by atoms with Gasteiger partial charge in [-0.25, -0.2) is 0 Å². The van der Waals surface area contributed by atoms with Crippen LogP contribution in [0.4, 0.5) is 0 Å². The maximum atomic E-state index is 6.29. The van der Waals surface area contributed by atoms with Gasteiger partial charge in [-0.05, 0) is 38.6 Å². The van der Waals surface area contributed by atoms with E-state index in [-0.39, 0.29) is 11.7 Å². The molecule has 0 aromatic heterocycles. The first-order valence-electron chi connectivity index (χ1n) is 7.54. The summed E-state index contributed by atoms with van der Waals surface area (Å²) < 4.78 is 17.8. The molecule has 1 aromatic carbocycles. The van der Waals surface area contributed by atoms with Crippen LogP contribution in [0.15, 0.2) is 18.2 Å². The number of hydrogen-bond acceptors (Lipinski definition) is 4. The Morgan fingerprint density at radius 1 is 1.35 bits per heavy atom. The van der Waals surface area contributed by atoms with E-state index < -0.39 is 0 Å². The highest BCUT2D eigenvalue weighted by atomic mass is 16.5. The van der Waals surface area contributed by atoms with Crippen LogP contribution in [0.2, 0.25) is 0 Å². The smallest absolute Gasteiger partial charge is 0.126 e. The summed E-state index contributed by atoms with van der Waals surface area (Å²) in [4.78, 5) is 0. The predicted octanol–water partition coefficient (Wildman–Crippen LogP) is 2.68. The molecule has 2 aliphatic rings. The van der Waals surface area contributed by atoms with Gasteiger partial charge < -0.3 is 19.5 Å². The molecule has 1 fully saturated rings. The third kappa shape index (κ3) is 2.50. The van der Waals surface area contributed by atoms with Crippen molar-refractivity contribution in [1.29, 1.82) is 0 Å². The Balaban J connectivity index is 1.92. The van der Waals surface area contributed by atoms with Crippen molar-refractivity contribution in [3.63, 3.8) is 0 Å². The molecular weight excluding hydrogens is 254 g/mol. The van der Waals surface area contributed by atoms with Gasteiger partial charge >= 0.3 is 0 Å². The number of fused-ring (bicyclic) bond motifs is 1. The fourth-order valence-electron chi connectivity index (χ4n) is 3.18. The summed E-state index contributed by atoms with van der Waals surface area (Å²) in [5.41, 5.74) is 1.02. The molecule has 2 unspecified atom stereocenters. The normalized spacial score (nSPS) is 28.2. The first-order chi connectivity index (χ1) is 9.76. The molecule has 4 nitrogen and oxygen atoms in total. The Bertz CT molecular complexity index is 469. The minimum Gasteiger partial charge on any atom is -0.494 e. The van der Waals surface area contributed by atoms with Gasteiger partial charge in [0, 0.05) is 31.6 Å². The van der Waals surface area contributed by atoms with Crippen LogP contribution in [0.1, 0.15) is 38.4 Å². The van der Waals surface area contributed by atoms with Crippen LogP contribution in [-0.2, 0) is 4.74 Å². The monoisotopic (exact) mass is 277 g/mol. The zero-order valence-electron chi connectivity index (χ0n) is 12.3. The van der Waals surface area contributed by atoms with E-state index >= 15 is 0 Å². The molecule has 1 saturated heterocycles. The topological polar surface area (TPSA) is 39.7 Å². The number of rotatable bonds is 4. The summed E-state index contributed by atoms with van der Waals surface area (Å²) in [6, 6.07) is 6.06. The van der Waals surface area contributed by atoms with E-state index in [0.717, 1.165) is 43.0 Å². The molecule has 0 amide bonds. The predicted molar refractivity (Wildman–Crippen MR) is 77.4 cm³/mol. The fraction of sp³-hybridized carbons (Fsp3) is 0.625. The molecule has 0 bridgehead atoms. The molecule has 1 N–H and O–H groups in total.